The van der Waals surface area contributed by atoms with Crippen molar-refractivity contribution >= 4 is 76.4 Å². The minimum Gasteiger partial charge on any atom is -0.277 e. The molecule has 3 aromatic rings. The Labute approximate surface area is 176 Å². The van der Waals surface area contributed by atoms with Gasteiger partial charge in [0.05, 0.1) is 22.3 Å². The molecule has 0 N–H and O–H groups in total. The standard InChI is InChI=1S/C16H7Cl2NO4S4/c17-11-9(15(22)26-24-11)8(10-12(18)25-27-16(10)23)5-19-13(20)6-3-1-2-4-7(6)14(19)21/h1-4,8H,5H2. The van der Waals surface area contributed by atoms with E-state index in [1.54, 1.807) is 24.3 Å². The number of benzene rings is 1. The van der Waals surface area contributed by atoms with Gasteiger partial charge in [-0.25, -0.2) is 0 Å². The number of hydrogen-bond donors (Lipinski definition) is 0. The van der Waals surface area contributed by atoms with Crippen LogP contribution in [0.1, 0.15) is 37.8 Å². The molecule has 0 bridgehead atoms. The van der Waals surface area contributed by atoms with Crippen LogP contribution in [0.15, 0.2) is 33.9 Å². The van der Waals surface area contributed by atoms with Gasteiger partial charge in [-0.3, -0.25) is 24.1 Å². The maximum absolute atomic E-state index is 12.7. The molecule has 5 nitrogen and oxygen atoms in total. The minimum atomic E-state index is -0.864. The molecule has 0 unspecified atom stereocenters. The Morgan fingerprint density at radius 1 is 0.778 bits per heavy atom. The van der Waals surface area contributed by atoms with E-state index in [1.165, 1.54) is 0 Å². The zero-order valence-corrected chi connectivity index (χ0v) is 17.8. The van der Waals surface area contributed by atoms with Crippen molar-refractivity contribution in [3.05, 3.63) is 74.3 Å². The van der Waals surface area contributed by atoms with E-state index < -0.39 is 17.7 Å². The van der Waals surface area contributed by atoms with Crippen LogP contribution in [-0.2, 0) is 0 Å². The van der Waals surface area contributed by atoms with Gasteiger partial charge in [-0.15, -0.1) is 0 Å². The first kappa shape index (κ1) is 19.0. The Hall–Kier alpha value is -1.36. The summed E-state index contributed by atoms with van der Waals surface area (Å²) < 4.78 is -0.145. The second kappa shape index (κ2) is 7.23. The number of amides is 2. The number of carbonyl (C=O) groups is 2. The maximum Gasteiger partial charge on any atom is 0.261 e. The van der Waals surface area contributed by atoms with Crippen LogP contribution in [-0.4, -0.2) is 23.3 Å². The predicted molar refractivity (Wildman–Crippen MR) is 111 cm³/mol. The average Bonchev–Trinajstić information content (AvgIpc) is 3.24. The van der Waals surface area contributed by atoms with Gasteiger partial charge in [-0.2, -0.15) is 0 Å². The molecule has 138 valence electrons. The molecule has 0 radical (unpaired) electrons. The molecule has 0 atom stereocenters. The summed E-state index contributed by atoms with van der Waals surface area (Å²) in [6.45, 7) is -0.177. The number of nitrogens with zero attached hydrogens (tertiary/aromatic N) is 1. The molecule has 1 aliphatic heterocycles. The molecule has 11 heteroatoms. The fraction of sp³-hybridized carbons (Fsp3) is 0.125. The van der Waals surface area contributed by atoms with Gasteiger partial charge in [0, 0.05) is 12.5 Å². The van der Waals surface area contributed by atoms with Crippen molar-refractivity contribution in [2.75, 3.05) is 6.54 Å². The van der Waals surface area contributed by atoms with Crippen LogP contribution in [0.25, 0.3) is 0 Å². The van der Waals surface area contributed by atoms with Gasteiger partial charge in [-0.1, -0.05) is 56.0 Å². The number of rotatable bonds is 4. The summed E-state index contributed by atoms with van der Waals surface area (Å²) in [6.07, 6.45) is 0. The second-order valence-electron chi connectivity index (χ2n) is 5.60. The fourth-order valence-electron chi connectivity index (χ4n) is 2.96. The van der Waals surface area contributed by atoms with E-state index in [1.807, 2.05) is 0 Å². The smallest absolute Gasteiger partial charge is 0.261 e. The highest BCUT2D eigenvalue weighted by Gasteiger charge is 2.39. The first-order valence-corrected chi connectivity index (χ1v) is 12.5. The maximum atomic E-state index is 12.7. The lowest BCUT2D eigenvalue weighted by Crippen LogP contribution is -2.36. The van der Waals surface area contributed by atoms with Crippen molar-refractivity contribution in [3.63, 3.8) is 0 Å². The van der Waals surface area contributed by atoms with Gasteiger partial charge in [0.2, 0.25) is 9.48 Å². The van der Waals surface area contributed by atoms with Crippen LogP contribution in [0.5, 0.6) is 0 Å². The van der Waals surface area contributed by atoms with Gasteiger partial charge >= 0.3 is 0 Å². The number of carbonyl (C=O) groups excluding carboxylic acids is 2. The molecule has 2 aromatic heterocycles. The molecule has 1 aliphatic rings. The summed E-state index contributed by atoms with van der Waals surface area (Å²) in [7, 11) is 4.05. The van der Waals surface area contributed by atoms with E-state index in [0.29, 0.717) is 11.1 Å². The molecule has 0 saturated heterocycles. The summed E-state index contributed by atoms with van der Waals surface area (Å²) in [5.74, 6) is -1.80. The van der Waals surface area contributed by atoms with Crippen molar-refractivity contribution in [3.8, 4) is 0 Å². The van der Waals surface area contributed by atoms with Crippen molar-refractivity contribution in [2.24, 2.45) is 0 Å². The SMILES string of the molecule is O=C1c2ccccc2C(=O)N1CC(c1c(Cl)ssc1=O)c1c(Cl)ssc1=O. The molecular weight excluding hydrogens is 469 g/mol. The van der Waals surface area contributed by atoms with E-state index in [-0.39, 0.29) is 35.8 Å². The van der Waals surface area contributed by atoms with Gasteiger partial charge in [0.1, 0.15) is 8.67 Å². The molecule has 0 spiro atoms. The zero-order valence-electron chi connectivity index (χ0n) is 13.1. The molecule has 3 heterocycles. The summed E-state index contributed by atoms with van der Waals surface area (Å²) >= 11 is 12.4. The zero-order chi connectivity index (χ0) is 19.3. The van der Waals surface area contributed by atoms with Crippen LogP contribution >= 0.6 is 64.6 Å². The van der Waals surface area contributed by atoms with E-state index in [2.05, 4.69) is 0 Å². The van der Waals surface area contributed by atoms with Gasteiger partial charge in [0.15, 0.2) is 0 Å². The van der Waals surface area contributed by atoms with E-state index in [9.17, 15) is 19.2 Å². The topological polar surface area (TPSA) is 71.5 Å². The Morgan fingerprint density at radius 2 is 1.22 bits per heavy atom. The molecule has 1 aromatic carbocycles. The molecular formula is C16H7Cl2NO4S4. The third kappa shape index (κ3) is 3.12. The van der Waals surface area contributed by atoms with Gasteiger partial charge in [-0.05, 0) is 32.8 Å². The average molecular weight is 476 g/mol. The lowest BCUT2D eigenvalue weighted by molar-refractivity contribution is 0.0649. The van der Waals surface area contributed by atoms with Crippen molar-refractivity contribution < 1.29 is 9.59 Å². The number of hydrogen-bond acceptors (Lipinski definition) is 8. The molecule has 4 rings (SSSR count). The number of imide groups is 1. The Kier molecular flexibility index (Phi) is 5.08. The summed E-state index contributed by atoms with van der Waals surface area (Å²) in [4.78, 5) is 51.2. The monoisotopic (exact) mass is 475 g/mol. The first-order chi connectivity index (χ1) is 12.9. The molecule has 2 amide bonds. The highest BCUT2D eigenvalue weighted by Crippen LogP contribution is 2.38. The van der Waals surface area contributed by atoms with Crippen LogP contribution in [0.3, 0.4) is 0 Å². The van der Waals surface area contributed by atoms with Crippen LogP contribution in [0, 0.1) is 0 Å². The highest BCUT2D eigenvalue weighted by atomic mass is 35.5. The third-order valence-electron chi connectivity index (χ3n) is 4.18. The summed E-state index contributed by atoms with van der Waals surface area (Å²) in [5, 5.41) is 0. The van der Waals surface area contributed by atoms with Gasteiger partial charge < -0.3 is 0 Å². The summed E-state index contributed by atoms with van der Waals surface area (Å²) in [5.41, 5.74) is 0.995. The predicted octanol–water partition coefficient (Wildman–Crippen LogP) is 4.39. The van der Waals surface area contributed by atoms with E-state index in [0.717, 1.165) is 46.3 Å². The Balaban J connectivity index is 1.83. The normalized spacial score (nSPS) is 13.7. The lowest BCUT2D eigenvalue weighted by Gasteiger charge is -2.21. The molecule has 0 aliphatic carbocycles. The highest BCUT2D eigenvalue weighted by molar-refractivity contribution is 7.70. The van der Waals surface area contributed by atoms with Crippen molar-refractivity contribution in [2.45, 2.75) is 5.92 Å². The van der Waals surface area contributed by atoms with E-state index >= 15 is 0 Å². The van der Waals surface area contributed by atoms with Gasteiger partial charge in [0.25, 0.3) is 11.8 Å². The second-order valence-corrected chi connectivity index (χ2v) is 11.0. The molecule has 27 heavy (non-hydrogen) atoms. The van der Waals surface area contributed by atoms with Crippen LogP contribution in [0.2, 0.25) is 8.67 Å². The Bertz CT molecular complexity index is 1100. The third-order valence-corrected chi connectivity index (χ3v) is 9.65. The largest absolute Gasteiger partial charge is 0.277 e. The van der Waals surface area contributed by atoms with E-state index in [4.69, 9.17) is 23.2 Å². The molecule has 0 saturated carbocycles. The van der Waals surface area contributed by atoms with Crippen molar-refractivity contribution in [1.29, 1.82) is 0 Å². The summed E-state index contributed by atoms with van der Waals surface area (Å²) in [6, 6.07) is 6.49. The van der Waals surface area contributed by atoms with Crippen LogP contribution in [0.4, 0.5) is 0 Å². The fourth-order valence-corrected chi connectivity index (χ4v) is 7.79. The quantitative estimate of drug-likeness (QED) is 0.414. The van der Waals surface area contributed by atoms with Crippen LogP contribution < -0.4 is 9.48 Å². The number of fused-ring (bicyclic) bond motifs is 1. The molecule has 0 fully saturated rings. The van der Waals surface area contributed by atoms with Crippen molar-refractivity contribution in [1.82, 2.24) is 4.90 Å². The lowest BCUT2D eigenvalue weighted by atomic mass is 9.96. The number of halogens is 2. The first-order valence-electron chi connectivity index (χ1n) is 7.42. The minimum absolute atomic E-state index is 0.177. The Morgan fingerprint density at radius 3 is 1.59 bits per heavy atom.